The number of hydrogen-bond donors (Lipinski definition) is 1. The quantitative estimate of drug-likeness (QED) is 0.475. The summed E-state index contributed by atoms with van der Waals surface area (Å²) in [6, 6.07) is -0.938. The average molecular weight is 389 g/mol. The van der Waals surface area contributed by atoms with Crippen LogP contribution in [0.4, 0.5) is 0 Å². The summed E-state index contributed by atoms with van der Waals surface area (Å²) in [4.78, 5) is 46.0. The molecule has 10 heteroatoms. The summed E-state index contributed by atoms with van der Waals surface area (Å²) in [7, 11) is 0. The second-order valence-corrected chi connectivity index (χ2v) is 6.40. The minimum atomic E-state index is -1.12. The molecule has 0 aromatic carbocycles. The maximum absolute atomic E-state index is 11.7. The second kappa shape index (κ2) is 10.2. The van der Waals surface area contributed by atoms with Crippen LogP contribution in [0.3, 0.4) is 0 Å². The Labute approximate surface area is 157 Å². The van der Waals surface area contributed by atoms with Crippen LogP contribution in [0.25, 0.3) is 0 Å². The second-order valence-electron chi connectivity index (χ2n) is 6.40. The van der Waals surface area contributed by atoms with Crippen molar-refractivity contribution < 1.29 is 42.9 Å². The Morgan fingerprint density at radius 1 is 0.926 bits per heavy atom. The van der Waals surface area contributed by atoms with Crippen LogP contribution in [0, 0.1) is 0 Å². The molecule has 10 nitrogen and oxygen atoms in total. The minimum Gasteiger partial charge on any atom is -0.463 e. The Balaban J connectivity index is 3.27. The molecule has 0 bridgehead atoms. The summed E-state index contributed by atoms with van der Waals surface area (Å²) in [6.07, 6.45) is -4.49. The number of rotatable bonds is 7. The molecule has 27 heavy (non-hydrogen) atoms. The Morgan fingerprint density at radius 3 is 1.93 bits per heavy atom. The smallest absolute Gasteiger partial charge is 0.303 e. The number of amides is 1. The van der Waals surface area contributed by atoms with Crippen LogP contribution in [0.15, 0.2) is 0 Å². The molecule has 1 rings (SSSR count). The molecule has 0 saturated carbocycles. The van der Waals surface area contributed by atoms with Gasteiger partial charge in [-0.2, -0.15) is 0 Å². The van der Waals surface area contributed by atoms with Crippen LogP contribution in [0.5, 0.6) is 0 Å². The van der Waals surface area contributed by atoms with Gasteiger partial charge in [0.1, 0.15) is 18.8 Å². The lowest BCUT2D eigenvalue weighted by atomic mass is 9.96. The summed E-state index contributed by atoms with van der Waals surface area (Å²) in [5.74, 6) is -2.28. The van der Waals surface area contributed by atoms with Crippen LogP contribution in [0.1, 0.15) is 41.5 Å². The van der Waals surface area contributed by atoms with Gasteiger partial charge in [-0.3, -0.25) is 19.2 Å². The molecule has 0 unspecified atom stereocenters. The third kappa shape index (κ3) is 7.51. The van der Waals surface area contributed by atoms with Crippen molar-refractivity contribution in [3.63, 3.8) is 0 Å². The molecule has 0 radical (unpaired) electrons. The zero-order valence-corrected chi connectivity index (χ0v) is 16.3. The Morgan fingerprint density at radius 2 is 1.48 bits per heavy atom. The van der Waals surface area contributed by atoms with Gasteiger partial charge in [-0.25, -0.2) is 0 Å². The topological polar surface area (TPSA) is 126 Å². The van der Waals surface area contributed by atoms with Gasteiger partial charge in [0.05, 0.1) is 6.10 Å². The van der Waals surface area contributed by atoms with Crippen molar-refractivity contribution in [3.8, 4) is 0 Å². The third-order valence-corrected chi connectivity index (χ3v) is 3.48. The fourth-order valence-corrected chi connectivity index (χ4v) is 2.68. The van der Waals surface area contributed by atoms with Crippen molar-refractivity contribution >= 4 is 23.8 Å². The van der Waals surface area contributed by atoms with E-state index in [0.717, 1.165) is 0 Å². The van der Waals surface area contributed by atoms with Crippen molar-refractivity contribution in [2.75, 3.05) is 6.61 Å². The van der Waals surface area contributed by atoms with E-state index < -0.39 is 54.5 Å². The zero-order valence-electron chi connectivity index (χ0n) is 16.3. The van der Waals surface area contributed by atoms with Gasteiger partial charge in [0, 0.05) is 27.7 Å². The first-order valence-electron chi connectivity index (χ1n) is 8.57. The number of carbonyl (C=O) groups is 4. The molecule has 0 aliphatic carbocycles. The maximum Gasteiger partial charge on any atom is 0.303 e. The van der Waals surface area contributed by atoms with Gasteiger partial charge in [-0.1, -0.05) is 0 Å². The van der Waals surface area contributed by atoms with Gasteiger partial charge in [-0.05, 0) is 13.8 Å². The van der Waals surface area contributed by atoms with E-state index in [2.05, 4.69) is 5.32 Å². The highest BCUT2D eigenvalue weighted by Gasteiger charge is 2.51. The lowest BCUT2D eigenvalue weighted by Gasteiger charge is -2.45. The van der Waals surface area contributed by atoms with E-state index in [-0.39, 0.29) is 12.7 Å². The van der Waals surface area contributed by atoms with Crippen LogP contribution < -0.4 is 5.32 Å². The molecule has 1 N–H and O–H groups in total. The fourth-order valence-electron chi connectivity index (χ4n) is 2.68. The summed E-state index contributed by atoms with van der Waals surface area (Å²) >= 11 is 0. The van der Waals surface area contributed by atoms with Crippen LogP contribution in [-0.4, -0.2) is 67.2 Å². The predicted octanol–water partition coefficient (Wildman–Crippen LogP) is 0.0675. The summed E-state index contributed by atoms with van der Waals surface area (Å²) < 4.78 is 27.1. The van der Waals surface area contributed by atoms with Crippen molar-refractivity contribution in [1.29, 1.82) is 0 Å². The minimum absolute atomic E-state index is 0.254. The number of nitrogens with one attached hydrogen (secondary N) is 1. The van der Waals surface area contributed by atoms with Crippen LogP contribution in [-0.2, 0) is 42.9 Å². The number of ether oxygens (including phenoxy) is 5. The Kier molecular flexibility index (Phi) is 8.64. The van der Waals surface area contributed by atoms with Crippen LogP contribution in [0.2, 0.25) is 0 Å². The molecule has 1 heterocycles. The molecule has 1 aliphatic heterocycles. The normalized spacial score (nSPS) is 27.6. The maximum atomic E-state index is 11.7. The standard InChI is InChI=1S/C17H27NO9/c1-8(2)24-17-14(18-9(3)19)16(26-12(6)22)15(25-11(5)21)13(27-17)7-23-10(4)20/h8,13-17H,7H2,1-6H3,(H,18,19)/t13-,14-,15-,16-,17-/m1/s1. The predicted molar refractivity (Wildman–Crippen MR) is 90.2 cm³/mol. The van der Waals surface area contributed by atoms with Crippen molar-refractivity contribution in [2.45, 2.75) is 78.3 Å². The molecule has 154 valence electrons. The van der Waals surface area contributed by atoms with E-state index in [4.69, 9.17) is 23.7 Å². The number of hydrogen-bond acceptors (Lipinski definition) is 9. The average Bonchev–Trinajstić information content (AvgIpc) is 2.49. The lowest BCUT2D eigenvalue weighted by molar-refractivity contribution is -0.285. The highest BCUT2D eigenvalue weighted by atomic mass is 16.7. The highest BCUT2D eigenvalue weighted by Crippen LogP contribution is 2.28. The van der Waals surface area contributed by atoms with Crippen molar-refractivity contribution in [1.82, 2.24) is 5.32 Å². The first kappa shape index (κ1) is 22.8. The van der Waals surface area contributed by atoms with E-state index in [1.54, 1.807) is 13.8 Å². The van der Waals surface area contributed by atoms with Crippen LogP contribution >= 0.6 is 0 Å². The largest absolute Gasteiger partial charge is 0.463 e. The van der Waals surface area contributed by atoms with E-state index in [1.165, 1.54) is 27.7 Å². The SMILES string of the molecule is CC(=O)N[C@H]1[C@H](OC(C)C)O[C@H](COC(C)=O)[C@@H](OC(C)=O)[C@@H]1OC(C)=O. The number of carbonyl (C=O) groups excluding carboxylic acids is 4. The van der Waals surface area contributed by atoms with Gasteiger partial charge in [-0.15, -0.1) is 0 Å². The van der Waals surface area contributed by atoms with E-state index in [0.29, 0.717) is 0 Å². The molecular formula is C17H27NO9. The Bertz CT molecular complexity index is 563. The molecule has 0 aromatic heterocycles. The summed E-state index contributed by atoms with van der Waals surface area (Å²) in [5, 5.41) is 2.62. The molecule has 0 aromatic rings. The van der Waals surface area contributed by atoms with Gasteiger partial charge in [0.25, 0.3) is 0 Å². The molecule has 1 amide bonds. The monoisotopic (exact) mass is 389 g/mol. The first-order valence-corrected chi connectivity index (χ1v) is 8.57. The van der Waals surface area contributed by atoms with E-state index in [9.17, 15) is 19.2 Å². The van der Waals surface area contributed by atoms with E-state index >= 15 is 0 Å². The van der Waals surface area contributed by atoms with Gasteiger partial charge in [0.2, 0.25) is 5.91 Å². The van der Waals surface area contributed by atoms with Gasteiger partial charge >= 0.3 is 17.9 Å². The number of esters is 3. The molecule has 1 saturated heterocycles. The summed E-state index contributed by atoms with van der Waals surface area (Å²) in [5.41, 5.74) is 0. The van der Waals surface area contributed by atoms with Crippen molar-refractivity contribution in [2.24, 2.45) is 0 Å². The van der Waals surface area contributed by atoms with Gasteiger partial charge in [0.15, 0.2) is 18.5 Å². The molecule has 5 atom stereocenters. The third-order valence-electron chi connectivity index (χ3n) is 3.48. The molecule has 1 fully saturated rings. The summed E-state index contributed by atoms with van der Waals surface area (Å²) in [6.45, 7) is 8.12. The molecular weight excluding hydrogens is 362 g/mol. The Hall–Kier alpha value is -2.20. The molecule has 1 aliphatic rings. The molecule has 0 spiro atoms. The fraction of sp³-hybridized carbons (Fsp3) is 0.765. The lowest BCUT2D eigenvalue weighted by Crippen LogP contribution is -2.66. The first-order chi connectivity index (χ1) is 12.5. The zero-order chi connectivity index (χ0) is 20.7. The van der Waals surface area contributed by atoms with Crippen molar-refractivity contribution in [3.05, 3.63) is 0 Å². The van der Waals surface area contributed by atoms with Gasteiger partial charge < -0.3 is 29.0 Å². The highest BCUT2D eigenvalue weighted by molar-refractivity contribution is 5.73. The van der Waals surface area contributed by atoms with E-state index in [1.807, 2.05) is 0 Å².